The molecule has 1 fully saturated rings. The molecule has 1 aliphatic rings. The van der Waals surface area contributed by atoms with Gasteiger partial charge in [-0.05, 0) is 58.7 Å². The molecule has 0 saturated carbocycles. The summed E-state index contributed by atoms with van der Waals surface area (Å²) >= 11 is 1.86. The van der Waals surface area contributed by atoms with Crippen molar-refractivity contribution in [3.63, 3.8) is 0 Å². The second-order valence-corrected chi connectivity index (χ2v) is 14.4. The third-order valence-corrected chi connectivity index (χ3v) is 11.6. The third kappa shape index (κ3) is 4.65. The Labute approximate surface area is 297 Å². The van der Waals surface area contributed by atoms with Gasteiger partial charge >= 0.3 is 0 Å². The topological polar surface area (TPSA) is 62.4 Å². The molecule has 0 aliphatic carbocycles. The zero-order chi connectivity index (χ0) is 33.5. The van der Waals surface area contributed by atoms with Crippen molar-refractivity contribution >= 4 is 75.4 Å². The number of thiophene rings is 1. The predicted octanol–water partition coefficient (Wildman–Crippen LogP) is 11.7. The Kier molecular flexibility index (Phi) is 6.48. The van der Waals surface area contributed by atoms with Crippen LogP contribution in [-0.4, -0.2) is 0 Å². The van der Waals surface area contributed by atoms with Crippen molar-refractivity contribution in [1.82, 2.24) is 16.0 Å². The molecule has 0 bridgehead atoms. The maximum absolute atomic E-state index is 6.49. The van der Waals surface area contributed by atoms with Gasteiger partial charge in [-0.3, -0.25) is 16.0 Å². The van der Waals surface area contributed by atoms with Gasteiger partial charge < -0.3 is 8.83 Å². The first kappa shape index (κ1) is 29.0. The van der Waals surface area contributed by atoms with Gasteiger partial charge in [0.05, 0.1) is 18.5 Å². The average Bonchev–Trinajstić information content (AvgIpc) is 3.89. The van der Waals surface area contributed by atoms with E-state index in [1.54, 1.807) is 0 Å². The fraction of sp³-hybridized carbons (Fsp3) is 0.0667. The van der Waals surface area contributed by atoms with Gasteiger partial charge in [0.25, 0.3) is 0 Å². The first-order chi connectivity index (χ1) is 25.2. The molecule has 3 unspecified atom stereocenters. The Bertz CT molecular complexity index is 2940. The van der Waals surface area contributed by atoms with Gasteiger partial charge in [-0.1, -0.05) is 115 Å². The maximum atomic E-state index is 6.49. The van der Waals surface area contributed by atoms with Gasteiger partial charge in [0, 0.05) is 47.3 Å². The molecular weight excluding hydrogens is 647 g/mol. The van der Waals surface area contributed by atoms with Crippen LogP contribution < -0.4 is 16.0 Å². The Balaban J connectivity index is 1.02. The number of fused-ring (bicyclic) bond motifs is 9. The molecule has 0 radical (unpaired) electrons. The largest absolute Gasteiger partial charge is 0.456 e. The minimum Gasteiger partial charge on any atom is -0.456 e. The van der Waals surface area contributed by atoms with E-state index in [1.807, 2.05) is 23.5 Å². The predicted molar refractivity (Wildman–Crippen MR) is 210 cm³/mol. The minimum atomic E-state index is -0.184. The molecule has 5 nitrogen and oxygen atoms in total. The van der Waals surface area contributed by atoms with Crippen LogP contribution in [0.1, 0.15) is 35.2 Å². The van der Waals surface area contributed by atoms with Crippen molar-refractivity contribution in [1.29, 1.82) is 0 Å². The van der Waals surface area contributed by atoms with Crippen LogP contribution in [0.2, 0.25) is 0 Å². The molecule has 3 aromatic heterocycles. The van der Waals surface area contributed by atoms with Crippen LogP contribution >= 0.6 is 11.3 Å². The van der Waals surface area contributed by atoms with E-state index in [0.29, 0.717) is 0 Å². The summed E-state index contributed by atoms with van der Waals surface area (Å²) in [6, 6.07) is 53.7. The monoisotopic (exact) mass is 677 g/mol. The molecule has 0 amide bonds. The minimum absolute atomic E-state index is 0.104. The van der Waals surface area contributed by atoms with Gasteiger partial charge in [0.15, 0.2) is 0 Å². The molecule has 0 spiro atoms. The Morgan fingerprint density at radius 3 is 2.00 bits per heavy atom. The van der Waals surface area contributed by atoms with Crippen LogP contribution in [0.25, 0.3) is 75.2 Å². The molecule has 1 saturated heterocycles. The fourth-order valence-corrected chi connectivity index (χ4v) is 9.21. The smallest absolute Gasteiger partial charge is 0.141 e. The molecule has 51 heavy (non-hydrogen) atoms. The lowest BCUT2D eigenvalue weighted by molar-refractivity contribution is 0.203. The molecular formula is C45H31N3O2S. The maximum Gasteiger partial charge on any atom is 0.141 e. The average molecular weight is 678 g/mol. The van der Waals surface area contributed by atoms with Gasteiger partial charge in [-0.25, -0.2) is 0 Å². The standard InChI is InChI=1S/C45H31N3O2S/c1-2-10-26(11-3-1)43-46-44(48-45(47-43)34-17-9-15-32-30-12-4-6-18-37(30)50-41(32)34)28-21-23-39-36(25-28)35-24-27(20-22-38(35)49-39)29-14-8-16-33-31-13-5-7-19-40(31)51-42(29)33/h1-25,43-48H. The summed E-state index contributed by atoms with van der Waals surface area (Å²) in [5.74, 6) is 0. The van der Waals surface area contributed by atoms with Crippen molar-refractivity contribution in [3.8, 4) is 11.1 Å². The van der Waals surface area contributed by atoms with E-state index in [9.17, 15) is 0 Å². The highest BCUT2D eigenvalue weighted by Crippen LogP contribution is 2.42. The molecule has 11 rings (SSSR count). The number of hydrogen-bond donors (Lipinski definition) is 3. The van der Waals surface area contributed by atoms with Crippen molar-refractivity contribution in [2.75, 3.05) is 0 Å². The Morgan fingerprint density at radius 1 is 0.431 bits per heavy atom. The second-order valence-electron chi connectivity index (χ2n) is 13.4. The number of nitrogens with one attached hydrogen (secondary N) is 3. The Hall–Kier alpha value is -5.76. The van der Waals surface area contributed by atoms with Crippen molar-refractivity contribution in [2.45, 2.75) is 18.5 Å². The highest BCUT2D eigenvalue weighted by Gasteiger charge is 2.31. The summed E-state index contributed by atoms with van der Waals surface area (Å²) < 4.78 is 15.5. The molecule has 10 aromatic rings. The molecule has 244 valence electrons. The summed E-state index contributed by atoms with van der Waals surface area (Å²) in [6.07, 6.45) is -0.450. The van der Waals surface area contributed by atoms with Crippen molar-refractivity contribution in [3.05, 3.63) is 168 Å². The fourth-order valence-electron chi connectivity index (χ4n) is 7.97. The molecule has 3 atom stereocenters. The number of hydrogen-bond acceptors (Lipinski definition) is 6. The van der Waals surface area contributed by atoms with Gasteiger partial charge in [-0.15, -0.1) is 11.3 Å². The molecule has 1 aliphatic heterocycles. The Morgan fingerprint density at radius 2 is 1.10 bits per heavy atom. The van der Waals surface area contributed by atoms with Crippen LogP contribution in [0.15, 0.2) is 160 Å². The lowest BCUT2D eigenvalue weighted by Crippen LogP contribution is -2.54. The van der Waals surface area contributed by atoms with Crippen LogP contribution in [-0.2, 0) is 0 Å². The number of para-hydroxylation sites is 2. The summed E-state index contributed by atoms with van der Waals surface area (Å²) in [6.45, 7) is 0. The molecule has 4 heterocycles. The van der Waals surface area contributed by atoms with E-state index in [0.717, 1.165) is 55.0 Å². The van der Waals surface area contributed by atoms with Crippen molar-refractivity contribution < 1.29 is 8.83 Å². The van der Waals surface area contributed by atoms with E-state index in [1.165, 1.54) is 36.9 Å². The number of benzene rings is 7. The highest BCUT2D eigenvalue weighted by atomic mass is 32.1. The van der Waals surface area contributed by atoms with E-state index >= 15 is 0 Å². The third-order valence-electron chi connectivity index (χ3n) is 10.4. The quantitative estimate of drug-likeness (QED) is 0.173. The van der Waals surface area contributed by atoms with E-state index < -0.39 is 0 Å². The molecule has 3 N–H and O–H groups in total. The van der Waals surface area contributed by atoms with E-state index in [4.69, 9.17) is 8.83 Å². The van der Waals surface area contributed by atoms with E-state index in [2.05, 4.69) is 155 Å². The highest BCUT2D eigenvalue weighted by molar-refractivity contribution is 7.26. The normalized spacial score (nSPS) is 18.2. The SMILES string of the molecule is c1ccc(C2NC(c3ccc4oc5ccc(-c6cccc7c6sc6ccccc67)cc5c4c3)NC(c3cccc4c3oc3ccccc34)N2)cc1. The number of furan rings is 2. The lowest BCUT2D eigenvalue weighted by atomic mass is 9.99. The van der Waals surface area contributed by atoms with Crippen molar-refractivity contribution in [2.24, 2.45) is 0 Å². The number of rotatable bonds is 4. The van der Waals surface area contributed by atoms with E-state index in [-0.39, 0.29) is 18.5 Å². The first-order valence-corrected chi connectivity index (χ1v) is 18.2. The molecule has 6 heteroatoms. The van der Waals surface area contributed by atoms with Gasteiger partial charge in [0.1, 0.15) is 22.3 Å². The summed E-state index contributed by atoms with van der Waals surface area (Å²) in [5, 5.41) is 18.6. The van der Waals surface area contributed by atoms with Crippen LogP contribution in [0.3, 0.4) is 0 Å². The first-order valence-electron chi connectivity index (χ1n) is 17.4. The van der Waals surface area contributed by atoms with Gasteiger partial charge in [-0.2, -0.15) is 0 Å². The zero-order valence-corrected chi connectivity index (χ0v) is 28.2. The lowest BCUT2D eigenvalue weighted by Gasteiger charge is -2.39. The van der Waals surface area contributed by atoms with Crippen LogP contribution in [0.4, 0.5) is 0 Å². The zero-order valence-electron chi connectivity index (χ0n) is 27.4. The summed E-state index contributed by atoms with van der Waals surface area (Å²) in [4.78, 5) is 0. The van der Waals surface area contributed by atoms with Crippen LogP contribution in [0, 0.1) is 0 Å². The van der Waals surface area contributed by atoms with Crippen LogP contribution in [0.5, 0.6) is 0 Å². The summed E-state index contributed by atoms with van der Waals surface area (Å²) in [5.41, 5.74) is 9.36. The van der Waals surface area contributed by atoms with Gasteiger partial charge in [0.2, 0.25) is 0 Å². The summed E-state index contributed by atoms with van der Waals surface area (Å²) in [7, 11) is 0. The molecule has 7 aromatic carbocycles. The second kappa shape index (κ2) is 11.4.